The molecular formula is C14H19F3N2O3S. The van der Waals surface area contributed by atoms with E-state index in [0.29, 0.717) is 5.56 Å². The van der Waals surface area contributed by atoms with Crippen LogP contribution in [-0.4, -0.2) is 39.0 Å². The second-order valence-corrected chi connectivity index (χ2v) is 7.28. The Morgan fingerprint density at radius 1 is 1.22 bits per heavy atom. The van der Waals surface area contributed by atoms with Crippen LogP contribution in [-0.2, 0) is 15.6 Å². The normalized spacial score (nSPS) is 13.4. The number of urea groups is 1. The second kappa shape index (κ2) is 8.19. The van der Waals surface area contributed by atoms with Crippen molar-refractivity contribution in [1.29, 1.82) is 0 Å². The largest absolute Gasteiger partial charge is 0.408 e. The molecule has 1 aromatic carbocycles. The van der Waals surface area contributed by atoms with Gasteiger partial charge in [-0.3, -0.25) is 0 Å². The van der Waals surface area contributed by atoms with E-state index in [-0.39, 0.29) is 24.5 Å². The van der Waals surface area contributed by atoms with E-state index in [0.717, 1.165) is 6.92 Å². The molecule has 0 bridgehead atoms. The lowest BCUT2D eigenvalue weighted by atomic mass is 10.2. The lowest BCUT2D eigenvalue weighted by molar-refractivity contribution is -0.148. The predicted octanol–water partition coefficient (Wildman–Crippen LogP) is 2.24. The third-order valence-corrected chi connectivity index (χ3v) is 4.67. The maximum Gasteiger partial charge on any atom is 0.408 e. The molecule has 1 aromatic rings. The highest BCUT2D eigenvalue weighted by Crippen LogP contribution is 2.19. The molecule has 1 unspecified atom stereocenters. The van der Waals surface area contributed by atoms with E-state index in [9.17, 15) is 26.4 Å². The van der Waals surface area contributed by atoms with Crippen LogP contribution in [0.2, 0.25) is 0 Å². The first kappa shape index (κ1) is 19.3. The van der Waals surface area contributed by atoms with Crippen LogP contribution < -0.4 is 10.6 Å². The first-order valence-electron chi connectivity index (χ1n) is 6.95. The summed E-state index contributed by atoms with van der Waals surface area (Å²) in [4.78, 5) is 11.2. The van der Waals surface area contributed by atoms with Gasteiger partial charge in [0, 0.05) is 6.54 Å². The molecule has 0 aliphatic carbocycles. The molecule has 0 heterocycles. The SMILES string of the molecule is CC(NC(=O)NCCCS(=O)(=O)Cc1ccccc1)C(F)(F)F. The molecule has 5 nitrogen and oxygen atoms in total. The van der Waals surface area contributed by atoms with Gasteiger partial charge < -0.3 is 10.6 Å². The molecule has 1 atom stereocenters. The zero-order valence-corrected chi connectivity index (χ0v) is 13.4. The van der Waals surface area contributed by atoms with Gasteiger partial charge in [0.2, 0.25) is 0 Å². The smallest absolute Gasteiger partial charge is 0.338 e. The van der Waals surface area contributed by atoms with Gasteiger partial charge in [0.25, 0.3) is 0 Å². The first-order chi connectivity index (χ1) is 10.6. The number of nitrogens with one attached hydrogen (secondary N) is 2. The van der Waals surface area contributed by atoms with Gasteiger partial charge in [-0.25, -0.2) is 13.2 Å². The Balaban J connectivity index is 2.30. The molecule has 0 aliphatic heterocycles. The number of benzene rings is 1. The molecule has 0 radical (unpaired) electrons. The van der Waals surface area contributed by atoms with Crippen molar-refractivity contribution >= 4 is 15.9 Å². The van der Waals surface area contributed by atoms with E-state index in [2.05, 4.69) is 5.32 Å². The molecule has 1 rings (SSSR count). The molecule has 9 heteroatoms. The minimum atomic E-state index is -4.52. The molecule has 0 aliphatic rings. The van der Waals surface area contributed by atoms with Crippen molar-refractivity contribution in [3.8, 4) is 0 Å². The summed E-state index contributed by atoms with van der Waals surface area (Å²) in [5.41, 5.74) is 0.664. The van der Waals surface area contributed by atoms with Crippen LogP contribution in [0.4, 0.5) is 18.0 Å². The van der Waals surface area contributed by atoms with E-state index in [4.69, 9.17) is 0 Å². The van der Waals surface area contributed by atoms with Crippen LogP contribution in [0.25, 0.3) is 0 Å². The number of amides is 2. The summed E-state index contributed by atoms with van der Waals surface area (Å²) in [5.74, 6) is -0.262. The number of halogens is 3. The molecule has 0 aromatic heterocycles. The fourth-order valence-electron chi connectivity index (χ4n) is 1.72. The zero-order valence-electron chi connectivity index (χ0n) is 12.6. The summed E-state index contributed by atoms with van der Waals surface area (Å²) >= 11 is 0. The molecule has 0 spiro atoms. The Labute approximate surface area is 133 Å². The average molecular weight is 352 g/mol. The van der Waals surface area contributed by atoms with Crippen LogP contribution in [0.1, 0.15) is 18.9 Å². The van der Waals surface area contributed by atoms with Crippen LogP contribution >= 0.6 is 0 Å². The number of hydrogen-bond donors (Lipinski definition) is 2. The maximum absolute atomic E-state index is 12.2. The van der Waals surface area contributed by atoms with Crippen molar-refractivity contribution in [2.75, 3.05) is 12.3 Å². The standard InChI is InChI=1S/C14H19F3N2O3S/c1-11(14(15,16)17)19-13(20)18-8-5-9-23(21,22)10-12-6-3-2-4-7-12/h2-4,6-7,11H,5,8-10H2,1H3,(H2,18,19,20). The average Bonchev–Trinajstić information content (AvgIpc) is 2.43. The molecule has 0 saturated heterocycles. The lowest BCUT2D eigenvalue weighted by Gasteiger charge is -2.17. The molecule has 0 saturated carbocycles. The molecular weight excluding hydrogens is 333 g/mol. The summed E-state index contributed by atoms with van der Waals surface area (Å²) in [7, 11) is -3.33. The summed E-state index contributed by atoms with van der Waals surface area (Å²) < 4.78 is 60.5. The van der Waals surface area contributed by atoms with Gasteiger partial charge in [-0.15, -0.1) is 0 Å². The zero-order chi connectivity index (χ0) is 17.5. The van der Waals surface area contributed by atoms with Crippen molar-refractivity contribution in [1.82, 2.24) is 10.6 Å². The van der Waals surface area contributed by atoms with Gasteiger partial charge in [-0.05, 0) is 18.9 Å². The molecule has 23 heavy (non-hydrogen) atoms. The predicted molar refractivity (Wildman–Crippen MR) is 80.6 cm³/mol. The Morgan fingerprint density at radius 2 is 1.83 bits per heavy atom. The Morgan fingerprint density at radius 3 is 2.39 bits per heavy atom. The van der Waals surface area contributed by atoms with Crippen molar-refractivity contribution < 1.29 is 26.4 Å². The van der Waals surface area contributed by atoms with E-state index in [1.54, 1.807) is 35.6 Å². The quantitative estimate of drug-likeness (QED) is 0.739. The summed E-state index contributed by atoms with van der Waals surface area (Å²) in [5, 5.41) is 3.94. The first-order valence-corrected chi connectivity index (χ1v) is 8.78. The Kier molecular flexibility index (Phi) is 6.86. The van der Waals surface area contributed by atoms with Crippen LogP contribution in [0.3, 0.4) is 0 Å². The fraction of sp³-hybridized carbons (Fsp3) is 0.500. The van der Waals surface area contributed by atoms with E-state index in [1.165, 1.54) is 0 Å². The molecule has 130 valence electrons. The third kappa shape index (κ3) is 7.87. The lowest BCUT2D eigenvalue weighted by Crippen LogP contribution is -2.47. The Bertz CT molecular complexity index is 603. The highest BCUT2D eigenvalue weighted by molar-refractivity contribution is 7.90. The summed E-state index contributed by atoms with van der Waals surface area (Å²) in [6, 6.07) is 5.70. The van der Waals surface area contributed by atoms with Gasteiger partial charge in [-0.2, -0.15) is 13.2 Å². The number of carbonyl (C=O) groups is 1. The summed E-state index contributed by atoms with van der Waals surface area (Å²) in [6.45, 7) is 0.800. The third-order valence-electron chi connectivity index (χ3n) is 2.99. The Hall–Kier alpha value is -1.77. The summed E-state index contributed by atoms with van der Waals surface area (Å²) in [6.07, 6.45) is -4.39. The van der Waals surface area contributed by atoms with Crippen LogP contribution in [0.15, 0.2) is 30.3 Å². The highest BCUT2D eigenvalue weighted by Gasteiger charge is 2.36. The molecule has 2 amide bonds. The van der Waals surface area contributed by atoms with Crippen molar-refractivity contribution in [3.63, 3.8) is 0 Å². The van der Waals surface area contributed by atoms with Crippen molar-refractivity contribution in [2.45, 2.75) is 31.3 Å². The monoisotopic (exact) mass is 352 g/mol. The number of alkyl halides is 3. The van der Waals surface area contributed by atoms with Crippen LogP contribution in [0, 0.1) is 0 Å². The van der Waals surface area contributed by atoms with Gasteiger partial charge in [-0.1, -0.05) is 30.3 Å². The molecule has 2 N–H and O–H groups in total. The number of rotatable bonds is 7. The van der Waals surface area contributed by atoms with Gasteiger partial charge in [0.1, 0.15) is 6.04 Å². The molecule has 0 fully saturated rings. The number of carbonyl (C=O) groups excluding carboxylic acids is 1. The second-order valence-electron chi connectivity index (χ2n) is 5.09. The van der Waals surface area contributed by atoms with Gasteiger partial charge in [0.15, 0.2) is 9.84 Å². The minimum Gasteiger partial charge on any atom is -0.338 e. The van der Waals surface area contributed by atoms with E-state index >= 15 is 0 Å². The highest BCUT2D eigenvalue weighted by atomic mass is 32.2. The maximum atomic E-state index is 12.2. The minimum absolute atomic E-state index is 0.0234. The van der Waals surface area contributed by atoms with Gasteiger partial charge >= 0.3 is 12.2 Å². The topological polar surface area (TPSA) is 75.3 Å². The fourth-order valence-corrected chi connectivity index (χ4v) is 3.15. The van der Waals surface area contributed by atoms with Crippen LogP contribution in [0.5, 0.6) is 0 Å². The van der Waals surface area contributed by atoms with E-state index in [1.807, 2.05) is 0 Å². The number of hydrogen-bond acceptors (Lipinski definition) is 3. The van der Waals surface area contributed by atoms with Crippen molar-refractivity contribution in [3.05, 3.63) is 35.9 Å². The van der Waals surface area contributed by atoms with Crippen molar-refractivity contribution in [2.24, 2.45) is 0 Å². The van der Waals surface area contributed by atoms with Gasteiger partial charge in [0.05, 0.1) is 11.5 Å². The van der Waals surface area contributed by atoms with E-state index < -0.39 is 28.1 Å². The number of sulfone groups is 1.